The third-order valence-corrected chi connectivity index (χ3v) is 8.71. The fraction of sp³-hybridized carbons (Fsp3) is 0.500. The van der Waals surface area contributed by atoms with Crippen LogP contribution in [-0.2, 0) is 10.0 Å². The Hall–Kier alpha value is -3.42. The van der Waals surface area contributed by atoms with Gasteiger partial charge in [0.2, 0.25) is 16.0 Å². The highest BCUT2D eigenvalue weighted by atomic mass is 32.2. The lowest BCUT2D eigenvalue weighted by Crippen LogP contribution is -2.57. The van der Waals surface area contributed by atoms with Crippen molar-refractivity contribution in [1.29, 1.82) is 0 Å². The average Bonchev–Trinajstić information content (AvgIpc) is 3.33. The van der Waals surface area contributed by atoms with Crippen LogP contribution in [0.2, 0.25) is 0 Å². The fourth-order valence-electron chi connectivity index (χ4n) is 5.24. The van der Waals surface area contributed by atoms with Crippen molar-refractivity contribution in [3.05, 3.63) is 47.7 Å². The summed E-state index contributed by atoms with van der Waals surface area (Å²) in [5, 5.41) is 20.4. The predicted molar refractivity (Wildman–Crippen MR) is 146 cm³/mol. The van der Waals surface area contributed by atoms with Gasteiger partial charge in [-0.05, 0) is 64.2 Å². The maximum absolute atomic E-state index is 12.7. The van der Waals surface area contributed by atoms with Crippen molar-refractivity contribution in [2.24, 2.45) is 0 Å². The lowest BCUT2D eigenvalue weighted by Gasteiger charge is -2.42. The Morgan fingerprint density at radius 1 is 1.13 bits per heavy atom. The third kappa shape index (κ3) is 5.94. The molecule has 0 aromatic carbocycles. The molecule has 12 nitrogen and oxygen atoms in total. The molecule has 3 aromatic heterocycles. The van der Waals surface area contributed by atoms with Crippen molar-refractivity contribution >= 4 is 21.9 Å². The first-order chi connectivity index (χ1) is 18.4. The summed E-state index contributed by atoms with van der Waals surface area (Å²) in [5.41, 5.74) is 3.74. The molecule has 1 saturated heterocycles. The van der Waals surface area contributed by atoms with Gasteiger partial charge in [0.25, 0.3) is 5.91 Å². The molecular formula is C26H34N8O4S. The molecule has 1 aliphatic carbocycles. The van der Waals surface area contributed by atoms with E-state index in [1.165, 1.54) is 10.6 Å². The molecule has 1 aliphatic heterocycles. The number of sulfonamides is 1. The molecule has 0 unspecified atom stereocenters. The topological polar surface area (TPSA) is 155 Å². The van der Waals surface area contributed by atoms with Crippen LogP contribution in [0.15, 0.2) is 30.7 Å². The number of anilines is 1. The predicted octanol–water partition coefficient (Wildman–Crippen LogP) is 1.82. The number of piperidine rings is 1. The molecule has 0 spiro atoms. The number of carbonyl (C=O) groups is 1. The Labute approximate surface area is 227 Å². The number of nitrogens with zero attached hydrogens (tertiary/aromatic N) is 6. The van der Waals surface area contributed by atoms with Crippen LogP contribution < -0.4 is 10.6 Å². The van der Waals surface area contributed by atoms with Gasteiger partial charge in [-0.2, -0.15) is 5.10 Å². The van der Waals surface area contributed by atoms with Crippen LogP contribution in [0.25, 0.3) is 16.9 Å². The first kappa shape index (κ1) is 27.2. The summed E-state index contributed by atoms with van der Waals surface area (Å²) in [5.74, 6) is 0.223. The van der Waals surface area contributed by atoms with E-state index in [9.17, 15) is 18.3 Å². The van der Waals surface area contributed by atoms with E-state index in [4.69, 9.17) is 4.98 Å². The van der Waals surface area contributed by atoms with Gasteiger partial charge in [-0.15, -0.1) is 0 Å². The summed E-state index contributed by atoms with van der Waals surface area (Å²) in [7, 11) is -3.18. The minimum absolute atomic E-state index is 0.0858. The SMILES string of the molecule is Cc1cnc(NC2CCN(S(C)(=O)=O)CC2)nc1-c1cnn(-c2ccc(C(=O)NC3(C)CC(O)C3)nc2C)c1. The Morgan fingerprint density at radius 3 is 2.49 bits per heavy atom. The molecule has 2 fully saturated rings. The zero-order valence-corrected chi connectivity index (χ0v) is 23.4. The number of hydrogen-bond acceptors (Lipinski definition) is 9. The minimum atomic E-state index is -3.18. The van der Waals surface area contributed by atoms with Gasteiger partial charge in [0.05, 0.1) is 35.6 Å². The molecule has 5 rings (SSSR count). The monoisotopic (exact) mass is 554 g/mol. The van der Waals surface area contributed by atoms with E-state index in [1.807, 2.05) is 33.0 Å². The molecule has 0 radical (unpaired) electrons. The first-order valence-electron chi connectivity index (χ1n) is 13.0. The normalized spacial score (nSPS) is 22.3. The van der Waals surface area contributed by atoms with Gasteiger partial charge in [0, 0.05) is 42.6 Å². The highest BCUT2D eigenvalue weighted by Crippen LogP contribution is 2.32. The second kappa shape index (κ2) is 10.3. The number of aromatic nitrogens is 5. The second-order valence-electron chi connectivity index (χ2n) is 10.9. The lowest BCUT2D eigenvalue weighted by atomic mass is 9.76. The molecule has 0 bridgehead atoms. The Kier molecular flexibility index (Phi) is 7.16. The number of aliphatic hydroxyl groups excluding tert-OH is 1. The van der Waals surface area contributed by atoms with Crippen molar-refractivity contribution in [2.75, 3.05) is 24.7 Å². The number of rotatable bonds is 7. The number of carbonyl (C=O) groups excluding carboxylic acids is 1. The zero-order chi connectivity index (χ0) is 27.9. The lowest BCUT2D eigenvalue weighted by molar-refractivity contribution is 0.0126. The third-order valence-electron chi connectivity index (χ3n) is 7.41. The average molecular weight is 555 g/mol. The summed E-state index contributed by atoms with van der Waals surface area (Å²) in [6.07, 6.45) is 8.65. The van der Waals surface area contributed by atoms with Crippen molar-refractivity contribution in [2.45, 2.75) is 64.1 Å². The summed E-state index contributed by atoms with van der Waals surface area (Å²) in [4.78, 5) is 26.4. The smallest absolute Gasteiger partial charge is 0.270 e. The second-order valence-corrected chi connectivity index (χ2v) is 12.8. The van der Waals surface area contributed by atoms with Crippen LogP contribution in [-0.4, -0.2) is 85.5 Å². The van der Waals surface area contributed by atoms with Gasteiger partial charge in [0.1, 0.15) is 5.69 Å². The highest BCUT2D eigenvalue weighted by molar-refractivity contribution is 7.88. The van der Waals surface area contributed by atoms with Crippen LogP contribution in [0.5, 0.6) is 0 Å². The van der Waals surface area contributed by atoms with Gasteiger partial charge < -0.3 is 15.7 Å². The molecule has 1 saturated carbocycles. The standard InChI is InChI=1S/C26H34N8O4S/c1-16-13-27-25(30-19-7-9-33(10-8-19)39(4,37)38)31-23(16)18-14-28-34(15-18)22-6-5-21(29-17(22)2)24(36)32-26(3)11-20(35)12-26/h5-6,13-15,19-20,35H,7-12H2,1-4H3,(H,32,36)(H,27,30,31). The molecule has 208 valence electrons. The van der Waals surface area contributed by atoms with Crippen molar-refractivity contribution in [3.63, 3.8) is 0 Å². The van der Waals surface area contributed by atoms with E-state index in [2.05, 4.69) is 25.7 Å². The number of aryl methyl sites for hydroxylation is 2. The molecule has 2 aliphatic rings. The molecular weight excluding hydrogens is 520 g/mol. The van der Waals surface area contributed by atoms with Crippen LogP contribution in [0.4, 0.5) is 5.95 Å². The molecule has 3 N–H and O–H groups in total. The van der Waals surface area contributed by atoms with E-state index < -0.39 is 15.6 Å². The van der Waals surface area contributed by atoms with Crippen LogP contribution in [0, 0.1) is 13.8 Å². The first-order valence-corrected chi connectivity index (χ1v) is 14.8. The number of pyridine rings is 1. The van der Waals surface area contributed by atoms with E-state index in [0.29, 0.717) is 56.1 Å². The van der Waals surface area contributed by atoms with E-state index >= 15 is 0 Å². The zero-order valence-electron chi connectivity index (χ0n) is 22.5. The number of aliphatic hydroxyl groups is 1. The fourth-order valence-corrected chi connectivity index (χ4v) is 6.11. The van der Waals surface area contributed by atoms with Gasteiger partial charge >= 0.3 is 0 Å². The molecule has 3 aromatic rings. The summed E-state index contributed by atoms with van der Waals surface area (Å²) < 4.78 is 26.8. The minimum Gasteiger partial charge on any atom is -0.393 e. The van der Waals surface area contributed by atoms with E-state index in [0.717, 1.165) is 22.5 Å². The maximum atomic E-state index is 12.7. The summed E-state index contributed by atoms with van der Waals surface area (Å²) >= 11 is 0. The van der Waals surface area contributed by atoms with Crippen molar-refractivity contribution in [1.82, 2.24) is 34.4 Å². The van der Waals surface area contributed by atoms with E-state index in [1.54, 1.807) is 23.1 Å². The van der Waals surface area contributed by atoms with Crippen molar-refractivity contribution < 1.29 is 18.3 Å². The van der Waals surface area contributed by atoms with Gasteiger partial charge in [-0.25, -0.2) is 32.4 Å². The molecule has 13 heteroatoms. The van der Waals surface area contributed by atoms with E-state index in [-0.39, 0.29) is 18.1 Å². The van der Waals surface area contributed by atoms with Crippen LogP contribution in [0.3, 0.4) is 0 Å². The Morgan fingerprint density at radius 2 is 1.85 bits per heavy atom. The molecule has 4 heterocycles. The Balaban J connectivity index is 1.28. The maximum Gasteiger partial charge on any atom is 0.270 e. The summed E-state index contributed by atoms with van der Waals surface area (Å²) in [6.45, 7) is 6.62. The molecule has 0 atom stereocenters. The number of hydrogen-bond donors (Lipinski definition) is 3. The van der Waals surface area contributed by atoms with Gasteiger partial charge in [-0.3, -0.25) is 4.79 Å². The summed E-state index contributed by atoms with van der Waals surface area (Å²) in [6, 6.07) is 3.57. The van der Waals surface area contributed by atoms with Crippen molar-refractivity contribution in [3.8, 4) is 16.9 Å². The van der Waals surface area contributed by atoms with Crippen LogP contribution >= 0.6 is 0 Å². The Bertz CT molecular complexity index is 1490. The number of amides is 1. The number of nitrogens with one attached hydrogen (secondary N) is 2. The molecule has 1 amide bonds. The highest BCUT2D eigenvalue weighted by Gasteiger charge is 2.40. The van der Waals surface area contributed by atoms with Crippen LogP contribution in [0.1, 0.15) is 54.4 Å². The van der Waals surface area contributed by atoms with Gasteiger partial charge in [0.15, 0.2) is 0 Å². The molecule has 39 heavy (non-hydrogen) atoms. The van der Waals surface area contributed by atoms with Gasteiger partial charge in [-0.1, -0.05) is 0 Å². The largest absolute Gasteiger partial charge is 0.393 e. The quantitative estimate of drug-likeness (QED) is 0.397.